The van der Waals surface area contributed by atoms with Gasteiger partial charge in [-0.15, -0.1) is 0 Å². The lowest BCUT2D eigenvalue weighted by Gasteiger charge is -2.20. The molecular weight excluding hydrogens is 232 g/mol. The molecule has 0 fully saturated rings. The Balaban J connectivity index is 2.17. The van der Waals surface area contributed by atoms with Crippen molar-refractivity contribution in [3.8, 4) is 0 Å². The third-order valence-electron chi connectivity index (χ3n) is 3.57. The van der Waals surface area contributed by atoms with Gasteiger partial charge in [-0.05, 0) is 18.6 Å². The predicted molar refractivity (Wildman–Crippen MR) is 81.4 cm³/mol. The molecule has 1 aliphatic heterocycles. The zero-order chi connectivity index (χ0) is 13.2. The van der Waals surface area contributed by atoms with Gasteiger partial charge in [0.15, 0.2) is 0 Å². The lowest BCUT2D eigenvalue weighted by atomic mass is 9.99. The normalized spacial score (nSPS) is 14.6. The number of nitrogens with zero attached hydrogens (tertiary/aromatic N) is 2. The molecule has 19 heavy (non-hydrogen) atoms. The molecule has 0 unspecified atom stereocenters. The largest absolute Gasteiger partial charge is 0.372 e. The number of likely N-dealkylation sites (N-methyl/N-ethyl adjacent to an activating group) is 1. The number of benzodiazepines with no additional fused rings is 1. The minimum absolute atomic E-state index is 0.842. The molecule has 0 spiro atoms. The molecule has 0 amide bonds. The molecule has 3 rings (SSSR count). The summed E-state index contributed by atoms with van der Waals surface area (Å²) in [4.78, 5) is 7.08. The second-order valence-electron chi connectivity index (χ2n) is 5.04. The van der Waals surface area contributed by atoms with Gasteiger partial charge in [0, 0.05) is 30.4 Å². The summed E-state index contributed by atoms with van der Waals surface area (Å²) in [6, 6.07) is 17.1. The van der Waals surface area contributed by atoms with Crippen LogP contribution >= 0.6 is 0 Å². The van der Waals surface area contributed by atoms with Gasteiger partial charge in [0.2, 0.25) is 0 Å². The fourth-order valence-electron chi connectivity index (χ4n) is 2.52. The van der Waals surface area contributed by atoms with Crippen LogP contribution in [0.5, 0.6) is 0 Å². The van der Waals surface area contributed by atoms with Gasteiger partial charge in [0.05, 0.1) is 12.3 Å². The van der Waals surface area contributed by atoms with Crippen LogP contribution in [0, 0.1) is 6.92 Å². The van der Waals surface area contributed by atoms with Crippen molar-refractivity contribution in [2.45, 2.75) is 6.92 Å². The summed E-state index contributed by atoms with van der Waals surface area (Å²) in [5.41, 5.74) is 6.11. The van der Waals surface area contributed by atoms with Crippen molar-refractivity contribution in [1.82, 2.24) is 0 Å². The maximum atomic E-state index is 4.79. The van der Waals surface area contributed by atoms with Crippen LogP contribution in [0.15, 0.2) is 53.5 Å². The van der Waals surface area contributed by atoms with E-state index in [0.717, 1.165) is 18.8 Å². The van der Waals surface area contributed by atoms with E-state index >= 15 is 0 Å². The summed E-state index contributed by atoms with van der Waals surface area (Å²) < 4.78 is 0. The average Bonchev–Trinajstić information content (AvgIpc) is 2.60. The molecule has 2 aromatic carbocycles. The third kappa shape index (κ3) is 2.26. The Labute approximate surface area is 114 Å². The van der Waals surface area contributed by atoms with E-state index in [2.05, 4.69) is 61.3 Å². The number of aliphatic imine (C=N–C) groups is 1. The number of hydrogen-bond donors (Lipinski definition) is 0. The molecule has 0 saturated carbocycles. The van der Waals surface area contributed by atoms with Gasteiger partial charge in [-0.1, -0.05) is 42.5 Å². The predicted octanol–water partition coefficient (Wildman–Crippen LogP) is 3.28. The van der Waals surface area contributed by atoms with Crippen molar-refractivity contribution in [2.75, 3.05) is 25.0 Å². The highest BCUT2D eigenvalue weighted by Gasteiger charge is 2.17. The van der Waals surface area contributed by atoms with Gasteiger partial charge >= 0.3 is 0 Å². The Morgan fingerprint density at radius 3 is 2.63 bits per heavy atom. The second kappa shape index (κ2) is 4.88. The Morgan fingerprint density at radius 1 is 1.05 bits per heavy atom. The van der Waals surface area contributed by atoms with Crippen LogP contribution < -0.4 is 4.90 Å². The van der Waals surface area contributed by atoms with Gasteiger partial charge in [-0.25, -0.2) is 0 Å². The molecule has 2 aromatic rings. The molecule has 0 aliphatic carbocycles. The summed E-state index contributed by atoms with van der Waals surface area (Å²) in [6.07, 6.45) is 0. The lowest BCUT2D eigenvalue weighted by Crippen LogP contribution is -2.20. The van der Waals surface area contributed by atoms with Crippen LogP contribution in [-0.2, 0) is 0 Å². The zero-order valence-electron chi connectivity index (χ0n) is 11.4. The highest BCUT2D eigenvalue weighted by molar-refractivity contribution is 6.16. The summed E-state index contributed by atoms with van der Waals surface area (Å²) >= 11 is 0. The molecule has 0 atom stereocenters. The first-order chi connectivity index (χ1) is 9.25. The van der Waals surface area contributed by atoms with E-state index < -0.39 is 0 Å². The van der Waals surface area contributed by atoms with E-state index in [4.69, 9.17) is 4.99 Å². The van der Waals surface area contributed by atoms with E-state index in [1.165, 1.54) is 22.4 Å². The first-order valence-corrected chi connectivity index (χ1v) is 6.68. The van der Waals surface area contributed by atoms with Crippen molar-refractivity contribution in [2.24, 2.45) is 4.99 Å². The molecule has 96 valence electrons. The van der Waals surface area contributed by atoms with Crippen molar-refractivity contribution >= 4 is 11.4 Å². The quantitative estimate of drug-likeness (QED) is 0.758. The zero-order valence-corrected chi connectivity index (χ0v) is 11.4. The van der Waals surface area contributed by atoms with E-state index in [9.17, 15) is 0 Å². The van der Waals surface area contributed by atoms with Crippen LogP contribution in [0.3, 0.4) is 0 Å². The maximum Gasteiger partial charge on any atom is 0.0740 e. The number of benzene rings is 2. The van der Waals surface area contributed by atoms with Crippen LogP contribution in [0.2, 0.25) is 0 Å². The second-order valence-corrected chi connectivity index (χ2v) is 5.04. The molecule has 2 nitrogen and oxygen atoms in total. The number of aryl methyl sites for hydroxylation is 1. The SMILES string of the molecule is Cc1ccc2c(c1)N(C)CCN=C2c1ccccc1. The van der Waals surface area contributed by atoms with Gasteiger partial charge in [0.25, 0.3) is 0 Å². The fraction of sp³-hybridized carbons (Fsp3) is 0.235. The number of rotatable bonds is 1. The average molecular weight is 250 g/mol. The third-order valence-corrected chi connectivity index (χ3v) is 3.57. The highest BCUT2D eigenvalue weighted by atomic mass is 15.1. The van der Waals surface area contributed by atoms with Gasteiger partial charge in [-0.2, -0.15) is 0 Å². The van der Waals surface area contributed by atoms with Crippen molar-refractivity contribution < 1.29 is 0 Å². The lowest BCUT2D eigenvalue weighted by molar-refractivity contribution is 0.896. The molecule has 0 bridgehead atoms. The highest BCUT2D eigenvalue weighted by Crippen LogP contribution is 2.26. The summed E-state index contributed by atoms with van der Waals surface area (Å²) in [7, 11) is 2.14. The standard InChI is InChI=1S/C17H18N2/c1-13-8-9-15-16(12-13)19(2)11-10-18-17(15)14-6-4-3-5-7-14/h3-9,12H,10-11H2,1-2H3. The molecule has 0 aromatic heterocycles. The minimum Gasteiger partial charge on any atom is -0.372 e. The van der Waals surface area contributed by atoms with E-state index in [0.29, 0.717) is 0 Å². The Kier molecular flexibility index (Phi) is 3.08. The minimum atomic E-state index is 0.842. The van der Waals surface area contributed by atoms with E-state index in [1.54, 1.807) is 0 Å². The van der Waals surface area contributed by atoms with Crippen molar-refractivity contribution in [3.63, 3.8) is 0 Å². The summed E-state index contributed by atoms with van der Waals surface area (Å²) in [6.45, 7) is 3.94. The fourth-order valence-corrected chi connectivity index (χ4v) is 2.52. The maximum absolute atomic E-state index is 4.79. The number of hydrogen-bond acceptors (Lipinski definition) is 2. The summed E-state index contributed by atoms with van der Waals surface area (Å²) in [5, 5.41) is 0. The van der Waals surface area contributed by atoms with Gasteiger partial charge < -0.3 is 4.90 Å². The Morgan fingerprint density at radius 2 is 1.84 bits per heavy atom. The smallest absolute Gasteiger partial charge is 0.0740 e. The Bertz CT molecular complexity index is 614. The number of anilines is 1. The van der Waals surface area contributed by atoms with Crippen LogP contribution in [0.1, 0.15) is 16.7 Å². The molecule has 2 heteroatoms. The van der Waals surface area contributed by atoms with Crippen LogP contribution in [0.4, 0.5) is 5.69 Å². The molecule has 1 aliphatic rings. The van der Waals surface area contributed by atoms with Crippen molar-refractivity contribution in [3.05, 3.63) is 65.2 Å². The number of fused-ring (bicyclic) bond motifs is 1. The Hall–Kier alpha value is -2.09. The van der Waals surface area contributed by atoms with E-state index in [1.807, 2.05) is 6.07 Å². The molecule has 0 N–H and O–H groups in total. The molecule has 1 heterocycles. The van der Waals surface area contributed by atoms with Crippen LogP contribution in [0.25, 0.3) is 0 Å². The molecule has 0 saturated heterocycles. The first kappa shape index (κ1) is 12.0. The van der Waals surface area contributed by atoms with Gasteiger partial charge in [0.1, 0.15) is 0 Å². The van der Waals surface area contributed by atoms with Crippen molar-refractivity contribution in [1.29, 1.82) is 0 Å². The topological polar surface area (TPSA) is 15.6 Å². The summed E-state index contributed by atoms with van der Waals surface area (Å²) in [5.74, 6) is 0. The monoisotopic (exact) mass is 250 g/mol. The molecule has 0 radical (unpaired) electrons. The van der Waals surface area contributed by atoms with Gasteiger partial charge in [-0.3, -0.25) is 4.99 Å². The molecular formula is C17H18N2. The van der Waals surface area contributed by atoms with E-state index in [-0.39, 0.29) is 0 Å². The first-order valence-electron chi connectivity index (χ1n) is 6.68. The van der Waals surface area contributed by atoms with Crippen LogP contribution in [-0.4, -0.2) is 25.8 Å².